The van der Waals surface area contributed by atoms with Crippen molar-refractivity contribution in [1.82, 2.24) is 15.5 Å². The monoisotopic (exact) mass is 239 g/mol. The van der Waals surface area contributed by atoms with Crippen LogP contribution in [-0.4, -0.2) is 29.8 Å². The maximum atomic E-state index is 5.56. The average Bonchev–Trinajstić information content (AvgIpc) is 2.84. The zero-order valence-electron chi connectivity index (χ0n) is 10.4. The molecule has 1 unspecified atom stereocenters. The minimum Gasteiger partial charge on any atom is -0.372 e. The van der Waals surface area contributed by atoms with E-state index in [-0.39, 0.29) is 0 Å². The minimum atomic E-state index is 0.438. The first-order valence-electron chi connectivity index (χ1n) is 6.48. The lowest BCUT2D eigenvalue weighted by Gasteiger charge is -2.22. The van der Waals surface area contributed by atoms with Crippen LogP contribution in [0.5, 0.6) is 0 Å². The first kappa shape index (κ1) is 12.5. The maximum absolute atomic E-state index is 5.56. The first-order valence-corrected chi connectivity index (χ1v) is 6.48. The van der Waals surface area contributed by atoms with Gasteiger partial charge in [0.25, 0.3) is 5.89 Å². The molecule has 0 bridgehead atoms. The fourth-order valence-corrected chi connectivity index (χ4v) is 2.07. The molecular formula is C12H21N3O2. The summed E-state index contributed by atoms with van der Waals surface area (Å²) < 4.78 is 10.6. The molecule has 5 nitrogen and oxygen atoms in total. The number of aryl methyl sites for hydroxylation is 1. The molecule has 1 saturated heterocycles. The number of hydrogen-bond acceptors (Lipinski definition) is 5. The maximum Gasteiger partial charge on any atom is 0.252 e. The van der Waals surface area contributed by atoms with Gasteiger partial charge in [-0.2, -0.15) is 4.98 Å². The number of aromatic nitrogens is 2. The molecular weight excluding hydrogens is 218 g/mol. The van der Waals surface area contributed by atoms with Gasteiger partial charge in [-0.15, -0.1) is 0 Å². The number of rotatable bonds is 6. The van der Waals surface area contributed by atoms with Gasteiger partial charge in [-0.05, 0) is 38.3 Å². The third-order valence-electron chi connectivity index (χ3n) is 3.12. The predicted octanol–water partition coefficient (Wildman–Crippen LogP) is 1.54. The number of ether oxygens (including phenoxy) is 1. The third kappa shape index (κ3) is 4.09. The topological polar surface area (TPSA) is 60.2 Å². The van der Waals surface area contributed by atoms with Crippen LogP contribution in [0.25, 0.3) is 0 Å². The summed E-state index contributed by atoms with van der Waals surface area (Å²) in [6.07, 6.45) is 4.52. The van der Waals surface area contributed by atoms with Crippen LogP contribution in [-0.2, 0) is 17.8 Å². The first-order chi connectivity index (χ1) is 8.38. The number of hydrogen-bond donors (Lipinski definition) is 1. The molecule has 1 aliphatic heterocycles. The molecule has 96 valence electrons. The smallest absolute Gasteiger partial charge is 0.252 e. The lowest BCUT2D eigenvalue weighted by Crippen LogP contribution is -2.30. The van der Waals surface area contributed by atoms with E-state index in [2.05, 4.69) is 15.5 Å². The average molecular weight is 239 g/mol. The number of piperidine rings is 1. The van der Waals surface area contributed by atoms with E-state index in [1.54, 1.807) is 0 Å². The molecule has 0 radical (unpaired) electrons. The largest absolute Gasteiger partial charge is 0.372 e. The molecule has 1 fully saturated rings. The van der Waals surface area contributed by atoms with Gasteiger partial charge in [-0.25, -0.2) is 0 Å². The molecule has 1 aromatic heterocycles. The second-order valence-corrected chi connectivity index (χ2v) is 4.51. The van der Waals surface area contributed by atoms with Gasteiger partial charge in [0.1, 0.15) is 6.61 Å². The van der Waals surface area contributed by atoms with Crippen LogP contribution in [0.3, 0.4) is 0 Å². The van der Waals surface area contributed by atoms with Crippen molar-refractivity contribution in [2.24, 2.45) is 5.92 Å². The summed E-state index contributed by atoms with van der Waals surface area (Å²) in [7, 11) is 0. The van der Waals surface area contributed by atoms with Gasteiger partial charge >= 0.3 is 0 Å². The van der Waals surface area contributed by atoms with Crippen LogP contribution < -0.4 is 5.32 Å². The summed E-state index contributed by atoms with van der Waals surface area (Å²) in [6, 6.07) is 0. The summed E-state index contributed by atoms with van der Waals surface area (Å²) in [5, 5.41) is 7.24. The molecule has 1 aliphatic rings. The van der Waals surface area contributed by atoms with Crippen molar-refractivity contribution in [2.75, 3.05) is 19.7 Å². The second-order valence-electron chi connectivity index (χ2n) is 4.51. The summed E-state index contributed by atoms with van der Waals surface area (Å²) >= 11 is 0. The van der Waals surface area contributed by atoms with Crippen molar-refractivity contribution in [3.05, 3.63) is 11.7 Å². The van der Waals surface area contributed by atoms with Gasteiger partial charge in [0.05, 0.1) is 0 Å². The Morgan fingerprint density at radius 3 is 3.18 bits per heavy atom. The fraction of sp³-hybridized carbons (Fsp3) is 0.833. The molecule has 0 spiro atoms. The summed E-state index contributed by atoms with van der Waals surface area (Å²) in [4.78, 5) is 4.20. The van der Waals surface area contributed by atoms with Crippen molar-refractivity contribution < 1.29 is 9.26 Å². The van der Waals surface area contributed by atoms with Gasteiger partial charge in [0.15, 0.2) is 5.82 Å². The Labute approximate surface area is 102 Å². The van der Waals surface area contributed by atoms with Crippen LogP contribution in [0.1, 0.15) is 37.9 Å². The van der Waals surface area contributed by atoms with Crippen molar-refractivity contribution in [1.29, 1.82) is 0 Å². The zero-order valence-corrected chi connectivity index (χ0v) is 10.4. The zero-order chi connectivity index (χ0) is 11.9. The third-order valence-corrected chi connectivity index (χ3v) is 3.12. The molecule has 5 heteroatoms. The Bertz CT molecular complexity index is 321. The van der Waals surface area contributed by atoms with Gasteiger partial charge in [0, 0.05) is 13.0 Å². The van der Waals surface area contributed by atoms with E-state index in [4.69, 9.17) is 9.26 Å². The highest BCUT2D eigenvalue weighted by molar-refractivity contribution is 4.83. The molecule has 1 aromatic rings. The van der Waals surface area contributed by atoms with E-state index < -0.39 is 0 Å². The van der Waals surface area contributed by atoms with Crippen molar-refractivity contribution in [3.63, 3.8) is 0 Å². The Morgan fingerprint density at radius 2 is 2.47 bits per heavy atom. The molecule has 0 saturated carbocycles. The lowest BCUT2D eigenvalue weighted by atomic mass is 9.97. The number of nitrogens with zero attached hydrogens (tertiary/aromatic N) is 2. The SMILES string of the molecule is CCc1noc(COCCC2CCCNC2)n1. The van der Waals surface area contributed by atoms with Crippen LogP contribution in [0, 0.1) is 5.92 Å². The van der Waals surface area contributed by atoms with Crippen LogP contribution in [0.2, 0.25) is 0 Å². The van der Waals surface area contributed by atoms with E-state index in [9.17, 15) is 0 Å². The Kier molecular flexibility index (Phi) is 4.94. The molecule has 0 amide bonds. The van der Waals surface area contributed by atoms with E-state index in [0.717, 1.165) is 37.7 Å². The molecule has 1 atom stereocenters. The molecule has 2 rings (SSSR count). The second kappa shape index (κ2) is 6.71. The highest BCUT2D eigenvalue weighted by Crippen LogP contribution is 2.14. The molecule has 1 N–H and O–H groups in total. The fourth-order valence-electron chi connectivity index (χ4n) is 2.07. The van der Waals surface area contributed by atoms with Crippen molar-refractivity contribution in [3.8, 4) is 0 Å². The summed E-state index contributed by atoms with van der Waals surface area (Å²) in [5.41, 5.74) is 0. The lowest BCUT2D eigenvalue weighted by molar-refractivity contribution is 0.0838. The molecule has 0 aromatic carbocycles. The van der Waals surface area contributed by atoms with Crippen molar-refractivity contribution in [2.45, 2.75) is 39.2 Å². The standard InChI is InChI=1S/C12H21N3O2/c1-2-11-14-12(17-15-11)9-16-7-5-10-4-3-6-13-8-10/h10,13H,2-9H2,1H3. The van der Waals surface area contributed by atoms with E-state index in [0.29, 0.717) is 12.5 Å². The van der Waals surface area contributed by atoms with E-state index in [1.807, 2.05) is 6.92 Å². The van der Waals surface area contributed by atoms with Gasteiger partial charge in [-0.3, -0.25) is 0 Å². The van der Waals surface area contributed by atoms with Crippen LogP contribution >= 0.6 is 0 Å². The number of nitrogens with one attached hydrogen (secondary N) is 1. The Hall–Kier alpha value is -0.940. The summed E-state index contributed by atoms with van der Waals surface area (Å²) in [5.74, 6) is 2.10. The Balaban J connectivity index is 1.59. The molecule has 2 heterocycles. The van der Waals surface area contributed by atoms with Crippen molar-refractivity contribution >= 4 is 0 Å². The van der Waals surface area contributed by atoms with Crippen LogP contribution in [0.15, 0.2) is 4.52 Å². The van der Waals surface area contributed by atoms with Gasteiger partial charge in [-0.1, -0.05) is 12.1 Å². The van der Waals surface area contributed by atoms with E-state index >= 15 is 0 Å². The quantitative estimate of drug-likeness (QED) is 0.763. The Morgan fingerprint density at radius 1 is 1.53 bits per heavy atom. The highest BCUT2D eigenvalue weighted by atomic mass is 16.5. The normalized spacial score (nSPS) is 20.6. The van der Waals surface area contributed by atoms with Gasteiger partial charge < -0.3 is 14.6 Å². The van der Waals surface area contributed by atoms with E-state index in [1.165, 1.54) is 19.4 Å². The summed E-state index contributed by atoms with van der Waals surface area (Å²) in [6.45, 7) is 5.51. The van der Waals surface area contributed by atoms with Gasteiger partial charge in [0.2, 0.25) is 0 Å². The molecule has 17 heavy (non-hydrogen) atoms. The molecule has 0 aliphatic carbocycles. The van der Waals surface area contributed by atoms with Crippen LogP contribution in [0.4, 0.5) is 0 Å². The predicted molar refractivity (Wildman–Crippen MR) is 63.5 cm³/mol. The minimum absolute atomic E-state index is 0.438. The highest BCUT2D eigenvalue weighted by Gasteiger charge is 2.12.